The van der Waals surface area contributed by atoms with Crippen molar-refractivity contribution in [3.8, 4) is 0 Å². The van der Waals surface area contributed by atoms with E-state index in [0.717, 1.165) is 12.1 Å². The van der Waals surface area contributed by atoms with E-state index in [4.69, 9.17) is 0 Å². The minimum Gasteiger partial charge on any atom is -0.318 e. The fourth-order valence-corrected chi connectivity index (χ4v) is 1.73. The molecule has 2 rings (SSSR count). The summed E-state index contributed by atoms with van der Waals surface area (Å²) in [5.41, 5.74) is 1.24. The Balaban J connectivity index is 1.94. The molecule has 2 amide bonds. The van der Waals surface area contributed by atoms with Gasteiger partial charge in [0.05, 0.1) is 11.8 Å². The van der Waals surface area contributed by atoms with Gasteiger partial charge in [-0.15, -0.1) is 0 Å². The van der Waals surface area contributed by atoms with Crippen molar-refractivity contribution in [1.29, 1.82) is 0 Å². The Morgan fingerprint density at radius 3 is 2.32 bits per heavy atom. The van der Waals surface area contributed by atoms with E-state index in [2.05, 4.69) is 5.10 Å². The van der Waals surface area contributed by atoms with Gasteiger partial charge in [-0.05, 0) is 35.9 Å². The number of amides is 2. The molecule has 0 radical (unpaired) electrons. The molecule has 130 valence electrons. The standard InChI is InChI=1S/C16H11F4N3O2/c17-12-6-4-10(5-7-12)9-21-23-15(25)14(24)22-13-3-1-2-11(8-13)16(18,19)20/h1-9H,(H,22,24)(H,23,25). The lowest BCUT2D eigenvalue weighted by Crippen LogP contribution is -2.32. The van der Waals surface area contributed by atoms with Crippen LogP contribution in [0, 0.1) is 5.82 Å². The minimum atomic E-state index is -4.57. The van der Waals surface area contributed by atoms with E-state index in [1.807, 2.05) is 10.7 Å². The number of nitrogens with one attached hydrogen (secondary N) is 2. The van der Waals surface area contributed by atoms with Crippen LogP contribution in [-0.4, -0.2) is 18.0 Å². The SMILES string of the molecule is O=C(NN=Cc1ccc(F)cc1)C(=O)Nc1cccc(C(F)(F)F)c1. The molecular weight excluding hydrogens is 342 g/mol. The van der Waals surface area contributed by atoms with Gasteiger partial charge in [-0.2, -0.15) is 18.3 Å². The lowest BCUT2D eigenvalue weighted by molar-refractivity contribution is -0.137. The van der Waals surface area contributed by atoms with Gasteiger partial charge < -0.3 is 5.32 Å². The first-order valence-electron chi connectivity index (χ1n) is 6.83. The molecule has 0 atom stereocenters. The zero-order chi connectivity index (χ0) is 18.4. The molecule has 0 aliphatic heterocycles. The minimum absolute atomic E-state index is 0.183. The third kappa shape index (κ3) is 5.41. The number of rotatable bonds is 3. The van der Waals surface area contributed by atoms with E-state index in [9.17, 15) is 27.2 Å². The number of carbonyl (C=O) groups excluding carboxylic acids is 2. The molecule has 0 heterocycles. The molecule has 0 spiro atoms. The number of anilines is 1. The second kappa shape index (κ2) is 7.56. The summed E-state index contributed by atoms with van der Waals surface area (Å²) < 4.78 is 50.5. The highest BCUT2D eigenvalue weighted by molar-refractivity contribution is 6.39. The first kappa shape index (κ1) is 18.1. The maximum Gasteiger partial charge on any atom is 0.416 e. The first-order chi connectivity index (χ1) is 11.8. The fraction of sp³-hybridized carbons (Fsp3) is 0.0625. The summed E-state index contributed by atoms with van der Waals surface area (Å²) in [4.78, 5) is 23.2. The maximum atomic E-state index is 12.7. The Kier molecular flexibility index (Phi) is 5.48. The number of alkyl halides is 3. The Hall–Kier alpha value is -3.23. The molecule has 2 aromatic rings. The van der Waals surface area contributed by atoms with Gasteiger partial charge in [-0.25, -0.2) is 9.82 Å². The van der Waals surface area contributed by atoms with E-state index in [1.54, 1.807) is 0 Å². The van der Waals surface area contributed by atoms with Gasteiger partial charge in [0, 0.05) is 5.69 Å². The van der Waals surface area contributed by atoms with Gasteiger partial charge >= 0.3 is 18.0 Å². The van der Waals surface area contributed by atoms with Crippen molar-refractivity contribution >= 4 is 23.7 Å². The van der Waals surface area contributed by atoms with Crippen LogP contribution in [-0.2, 0) is 15.8 Å². The summed E-state index contributed by atoms with van der Waals surface area (Å²) in [6.45, 7) is 0. The van der Waals surface area contributed by atoms with Crippen LogP contribution in [0.1, 0.15) is 11.1 Å². The molecule has 9 heteroatoms. The lowest BCUT2D eigenvalue weighted by Gasteiger charge is -2.09. The Bertz CT molecular complexity index is 802. The van der Waals surface area contributed by atoms with Crippen molar-refractivity contribution in [3.63, 3.8) is 0 Å². The van der Waals surface area contributed by atoms with Crippen molar-refractivity contribution in [2.45, 2.75) is 6.18 Å². The molecule has 0 unspecified atom stereocenters. The van der Waals surface area contributed by atoms with Crippen LogP contribution < -0.4 is 10.7 Å². The Morgan fingerprint density at radius 2 is 1.68 bits per heavy atom. The van der Waals surface area contributed by atoms with Gasteiger partial charge in [-0.1, -0.05) is 18.2 Å². The van der Waals surface area contributed by atoms with Gasteiger partial charge in [0.1, 0.15) is 5.82 Å². The van der Waals surface area contributed by atoms with E-state index < -0.39 is 29.4 Å². The average molecular weight is 353 g/mol. The molecule has 0 saturated carbocycles. The van der Waals surface area contributed by atoms with E-state index in [0.29, 0.717) is 11.6 Å². The summed E-state index contributed by atoms with van der Waals surface area (Å²) in [6.07, 6.45) is -3.39. The second-order valence-corrected chi connectivity index (χ2v) is 4.78. The normalized spacial score (nSPS) is 11.4. The lowest BCUT2D eigenvalue weighted by atomic mass is 10.2. The van der Waals surface area contributed by atoms with Crippen molar-refractivity contribution in [1.82, 2.24) is 5.43 Å². The number of benzene rings is 2. The summed E-state index contributed by atoms with van der Waals surface area (Å²) >= 11 is 0. The number of carbonyl (C=O) groups is 2. The number of halogens is 4. The number of nitrogens with zero attached hydrogens (tertiary/aromatic N) is 1. The van der Waals surface area contributed by atoms with Gasteiger partial charge in [0.15, 0.2) is 0 Å². The highest BCUT2D eigenvalue weighted by Gasteiger charge is 2.30. The van der Waals surface area contributed by atoms with Gasteiger partial charge in [-0.3, -0.25) is 9.59 Å². The maximum absolute atomic E-state index is 12.7. The molecule has 25 heavy (non-hydrogen) atoms. The van der Waals surface area contributed by atoms with Crippen LogP contribution in [0.15, 0.2) is 53.6 Å². The topological polar surface area (TPSA) is 70.6 Å². The van der Waals surface area contributed by atoms with Crippen LogP contribution >= 0.6 is 0 Å². The average Bonchev–Trinajstić information content (AvgIpc) is 2.56. The Morgan fingerprint density at radius 1 is 1.00 bits per heavy atom. The molecule has 0 aliphatic rings. The first-order valence-corrected chi connectivity index (χ1v) is 6.83. The molecule has 0 aromatic heterocycles. The molecule has 0 saturated heterocycles. The molecule has 2 N–H and O–H groups in total. The molecule has 0 bridgehead atoms. The van der Waals surface area contributed by atoms with E-state index in [-0.39, 0.29) is 5.69 Å². The smallest absolute Gasteiger partial charge is 0.318 e. The molecular formula is C16H11F4N3O2. The fourth-order valence-electron chi connectivity index (χ4n) is 1.73. The predicted octanol–water partition coefficient (Wildman–Crippen LogP) is 2.93. The highest BCUT2D eigenvalue weighted by Crippen LogP contribution is 2.30. The number of hydrogen-bond donors (Lipinski definition) is 2. The van der Waals surface area contributed by atoms with Crippen molar-refractivity contribution in [2.24, 2.45) is 5.10 Å². The van der Waals surface area contributed by atoms with Crippen LogP contribution in [0.4, 0.5) is 23.2 Å². The zero-order valence-corrected chi connectivity index (χ0v) is 12.5. The molecule has 0 aliphatic carbocycles. The van der Waals surface area contributed by atoms with Crippen molar-refractivity contribution in [2.75, 3.05) is 5.32 Å². The van der Waals surface area contributed by atoms with Gasteiger partial charge in [0.2, 0.25) is 0 Å². The molecule has 0 fully saturated rings. The van der Waals surface area contributed by atoms with Crippen LogP contribution in [0.25, 0.3) is 0 Å². The Labute approximate surface area is 139 Å². The third-order valence-electron chi connectivity index (χ3n) is 2.90. The largest absolute Gasteiger partial charge is 0.416 e. The quantitative estimate of drug-likeness (QED) is 0.386. The number of hydrogen-bond acceptors (Lipinski definition) is 3. The van der Waals surface area contributed by atoms with Crippen LogP contribution in [0.2, 0.25) is 0 Å². The highest BCUT2D eigenvalue weighted by atomic mass is 19.4. The van der Waals surface area contributed by atoms with E-state index >= 15 is 0 Å². The monoisotopic (exact) mass is 353 g/mol. The van der Waals surface area contributed by atoms with Gasteiger partial charge in [0.25, 0.3) is 0 Å². The summed E-state index contributed by atoms with van der Waals surface area (Å²) in [5.74, 6) is -2.80. The summed E-state index contributed by atoms with van der Waals surface area (Å²) in [5, 5.41) is 5.54. The van der Waals surface area contributed by atoms with Crippen molar-refractivity contribution in [3.05, 3.63) is 65.5 Å². The zero-order valence-electron chi connectivity index (χ0n) is 12.5. The number of hydrazone groups is 1. The van der Waals surface area contributed by atoms with Crippen LogP contribution in [0.3, 0.4) is 0 Å². The molecule has 2 aromatic carbocycles. The molecule has 5 nitrogen and oxygen atoms in total. The van der Waals surface area contributed by atoms with Crippen LogP contribution in [0.5, 0.6) is 0 Å². The summed E-state index contributed by atoms with van der Waals surface area (Å²) in [6, 6.07) is 9.01. The predicted molar refractivity (Wildman–Crippen MR) is 82.2 cm³/mol. The van der Waals surface area contributed by atoms with E-state index in [1.165, 1.54) is 36.5 Å². The summed E-state index contributed by atoms with van der Waals surface area (Å²) in [7, 11) is 0. The second-order valence-electron chi connectivity index (χ2n) is 4.78. The van der Waals surface area contributed by atoms with Crippen molar-refractivity contribution < 1.29 is 27.2 Å². The third-order valence-corrected chi connectivity index (χ3v) is 2.90.